The lowest BCUT2D eigenvalue weighted by atomic mass is 10.2. The average molecular weight is 174 g/mol. The lowest BCUT2D eigenvalue weighted by Crippen LogP contribution is -2.11. The van der Waals surface area contributed by atoms with Gasteiger partial charge in [-0.2, -0.15) is 0 Å². The van der Waals surface area contributed by atoms with Crippen LogP contribution in [0.3, 0.4) is 0 Å². The maximum absolute atomic E-state index is 11.6. The van der Waals surface area contributed by atoms with E-state index in [1.54, 1.807) is 13.1 Å². The summed E-state index contributed by atoms with van der Waals surface area (Å²) in [7, 11) is 1.91. The van der Waals surface area contributed by atoms with E-state index in [1.807, 2.05) is 29.9 Å². The molecule has 13 heavy (non-hydrogen) atoms. The molecule has 0 aliphatic heterocycles. The van der Waals surface area contributed by atoms with Gasteiger partial charge in [-0.1, -0.05) is 0 Å². The Morgan fingerprint density at radius 3 is 3.00 bits per heavy atom. The van der Waals surface area contributed by atoms with Crippen LogP contribution in [0.25, 0.3) is 11.0 Å². The molecule has 2 aromatic heterocycles. The molecule has 0 saturated heterocycles. The van der Waals surface area contributed by atoms with Crippen LogP contribution in [-0.4, -0.2) is 9.55 Å². The van der Waals surface area contributed by atoms with Gasteiger partial charge in [-0.15, -0.1) is 0 Å². The second kappa shape index (κ2) is 2.69. The van der Waals surface area contributed by atoms with Crippen LogP contribution in [0.1, 0.15) is 5.56 Å². The topological polar surface area (TPSA) is 34.9 Å². The zero-order valence-electron chi connectivity index (χ0n) is 7.61. The van der Waals surface area contributed by atoms with E-state index in [1.165, 1.54) is 0 Å². The number of aromatic nitrogens is 2. The molecular formula is C10H10N2O. The Hall–Kier alpha value is -1.64. The summed E-state index contributed by atoms with van der Waals surface area (Å²) in [6.45, 7) is 1.80. The second-order valence-corrected chi connectivity index (χ2v) is 3.12. The molecule has 0 N–H and O–H groups in total. The molecule has 0 aliphatic carbocycles. The van der Waals surface area contributed by atoms with Gasteiger partial charge in [0.25, 0.3) is 0 Å². The minimum absolute atomic E-state index is 0.0219. The minimum Gasteiger partial charge on any atom is -0.349 e. The Balaban J connectivity index is 3.06. The number of nitrogens with zero attached hydrogens (tertiary/aromatic N) is 2. The molecule has 0 saturated carbocycles. The van der Waals surface area contributed by atoms with Gasteiger partial charge in [0.15, 0.2) is 0 Å². The largest absolute Gasteiger partial charge is 0.349 e. The Bertz CT molecular complexity index is 514. The molecule has 0 amide bonds. The van der Waals surface area contributed by atoms with Crippen molar-refractivity contribution >= 4 is 11.0 Å². The summed E-state index contributed by atoms with van der Waals surface area (Å²) in [5.41, 5.74) is 2.17. The van der Waals surface area contributed by atoms with Crippen molar-refractivity contribution in [2.75, 3.05) is 0 Å². The molecule has 0 fully saturated rings. The normalized spacial score (nSPS) is 10.6. The van der Waals surface area contributed by atoms with Crippen molar-refractivity contribution in [1.29, 1.82) is 0 Å². The van der Waals surface area contributed by atoms with E-state index in [9.17, 15) is 4.79 Å². The highest BCUT2D eigenvalue weighted by atomic mass is 16.1. The molecule has 2 heterocycles. The van der Waals surface area contributed by atoms with Crippen LogP contribution < -0.4 is 5.43 Å². The molecule has 0 aromatic carbocycles. The lowest BCUT2D eigenvalue weighted by Gasteiger charge is -2.04. The van der Waals surface area contributed by atoms with Crippen molar-refractivity contribution in [3.05, 3.63) is 40.3 Å². The monoisotopic (exact) mass is 174 g/mol. The van der Waals surface area contributed by atoms with Crippen molar-refractivity contribution in [1.82, 2.24) is 9.55 Å². The predicted molar refractivity (Wildman–Crippen MR) is 51.7 cm³/mol. The minimum atomic E-state index is 0.0219. The van der Waals surface area contributed by atoms with Gasteiger partial charge in [0.1, 0.15) is 5.52 Å². The van der Waals surface area contributed by atoms with Gasteiger partial charge in [0, 0.05) is 25.0 Å². The highest BCUT2D eigenvalue weighted by Gasteiger charge is 2.03. The molecule has 3 nitrogen and oxygen atoms in total. The molecule has 0 unspecified atom stereocenters. The van der Waals surface area contributed by atoms with Crippen LogP contribution >= 0.6 is 0 Å². The maximum atomic E-state index is 11.6. The van der Waals surface area contributed by atoms with Gasteiger partial charge < -0.3 is 4.57 Å². The molecule has 2 aromatic rings. The standard InChI is InChI=1S/C10H10N2O/c1-7-6-12(2)8-4-3-5-11-9(8)10(7)13/h3-6H,1-2H3. The number of fused-ring (bicyclic) bond motifs is 1. The number of pyridine rings is 2. The molecule has 2 rings (SSSR count). The smallest absolute Gasteiger partial charge is 0.210 e. The third-order valence-electron chi connectivity index (χ3n) is 2.13. The van der Waals surface area contributed by atoms with E-state index < -0.39 is 0 Å². The van der Waals surface area contributed by atoms with E-state index >= 15 is 0 Å². The van der Waals surface area contributed by atoms with Crippen molar-refractivity contribution in [3.8, 4) is 0 Å². The summed E-state index contributed by atoms with van der Waals surface area (Å²) in [4.78, 5) is 15.7. The molecular weight excluding hydrogens is 164 g/mol. The van der Waals surface area contributed by atoms with E-state index in [0.29, 0.717) is 5.52 Å². The summed E-state index contributed by atoms with van der Waals surface area (Å²) in [6.07, 6.45) is 3.47. The summed E-state index contributed by atoms with van der Waals surface area (Å²) in [5, 5.41) is 0. The first-order valence-electron chi connectivity index (χ1n) is 4.11. The predicted octanol–water partition coefficient (Wildman–Crippen LogP) is 1.24. The highest BCUT2D eigenvalue weighted by Crippen LogP contribution is 2.06. The number of rotatable bonds is 0. The zero-order chi connectivity index (χ0) is 9.42. The highest BCUT2D eigenvalue weighted by molar-refractivity contribution is 5.74. The van der Waals surface area contributed by atoms with Crippen LogP contribution in [0.4, 0.5) is 0 Å². The van der Waals surface area contributed by atoms with Gasteiger partial charge in [0.2, 0.25) is 5.43 Å². The Labute approximate surface area is 75.7 Å². The van der Waals surface area contributed by atoms with Gasteiger partial charge in [0.05, 0.1) is 5.52 Å². The van der Waals surface area contributed by atoms with Gasteiger partial charge in [-0.05, 0) is 19.1 Å². The van der Waals surface area contributed by atoms with Gasteiger partial charge in [-0.3, -0.25) is 9.78 Å². The Morgan fingerprint density at radius 2 is 2.23 bits per heavy atom. The molecule has 3 heteroatoms. The average Bonchev–Trinajstić information content (AvgIpc) is 2.15. The van der Waals surface area contributed by atoms with Crippen molar-refractivity contribution in [3.63, 3.8) is 0 Å². The molecule has 0 bridgehead atoms. The maximum Gasteiger partial charge on any atom is 0.210 e. The fourth-order valence-electron chi connectivity index (χ4n) is 1.46. The van der Waals surface area contributed by atoms with E-state index in [0.717, 1.165) is 11.1 Å². The third-order valence-corrected chi connectivity index (χ3v) is 2.13. The van der Waals surface area contributed by atoms with Crippen LogP contribution in [0.2, 0.25) is 0 Å². The van der Waals surface area contributed by atoms with Crippen molar-refractivity contribution in [2.45, 2.75) is 6.92 Å². The summed E-state index contributed by atoms with van der Waals surface area (Å²) in [6, 6.07) is 3.72. The number of hydrogen-bond acceptors (Lipinski definition) is 2. The molecule has 66 valence electrons. The lowest BCUT2D eigenvalue weighted by molar-refractivity contribution is 0.934. The summed E-state index contributed by atoms with van der Waals surface area (Å²) in [5.74, 6) is 0. The first-order valence-corrected chi connectivity index (χ1v) is 4.11. The zero-order valence-corrected chi connectivity index (χ0v) is 7.61. The summed E-state index contributed by atoms with van der Waals surface area (Å²) >= 11 is 0. The molecule has 0 radical (unpaired) electrons. The van der Waals surface area contributed by atoms with Crippen LogP contribution in [0, 0.1) is 6.92 Å². The first-order chi connectivity index (χ1) is 6.20. The first kappa shape index (κ1) is 7.98. The van der Waals surface area contributed by atoms with Gasteiger partial charge >= 0.3 is 0 Å². The van der Waals surface area contributed by atoms with E-state index in [2.05, 4.69) is 4.98 Å². The molecule has 0 spiro atoms. The van der Waals surface area contributed by atoms with Crippen LogP contribution in [-0.2, 0) is 7.05 Å². The van der Waals surface area contributed by atoms with Crippen molar-refractivity contribution in [2.24, 2.45) is 7.05 Å². The van der Waals surface area contributed by atoms with Gasteiger partial charge in [-0.25, -0.2) is 0 Å². The quantitative estimate of drug-likeness (QED) is 0.602. The Kier molecular flexibility index (Phi) is 1.65. The van der Waals surface area contributed by atoms with Crippen LogP contribution in [0.5, 0.6) is 0 Å². The second-order valence-electron chi connectivity index (χ2n) is 3.12. The Morgan fingerprint density at radius 1 is 1.46 bits per heavy atom. The molecule has 0 aliphatic rings. The SMILES string of the molecule is Cc1cn(C)c2cccnc2c1=O. The fraction of sp³-hybridized carbons (Fsp3) is 0.200. The van der Waals surface area contributed by atoms with Crippen LogP contribution in [0.15, 0.2) is 29.3 Å². The number of aryl methyl sites for hydroxylation is 2. The number of hydrogen-bond donors (Lipinski definition) is 0. The molecule has 0 atom stereocenters. The van der Waals surface area contributed by atoms with Crippen molar-refractivity contribution < 1.29 is 0 Å². The third kappa shape index (κ3) is 1.13. The van der Waals surface area contributed by atoms with E-state index in [-0.39, 0.29) is 5.43 Å². The fourth-order valence-corrected chi connectivity index (χ4v) is 1.46. The van der Waals surface area contributed by atoms with E-state index in [4.69, 9.17) is 0 Å². The summed E-state index contributed by atoms with van der Waals surface area (Å²) < 4.78 is 1.92.